The van der Waals surface area contributed by atoms with Gasteiger partial charge in [-0.2, -0.15) is 0 Å². The van der Waals surface area contributed by atoms with Crippen LogP contribution in [-0.4, -0.2) is 11.1 Å². The lowest BCUT2D eigenvalue weighted by molar-refractivity contribution is -0.138. The summed E-state index contributed by atoms with van der Waals surface area (Å²) < 4.78 is 12.8. The monoisotopic (exact) mass is 236 g/mol. The van der Waals surface area contributed by atoms with Crippen LogP contribution in [0, 0.1) is 11.7 Å². The van der Waals surface area contributed by atoms with Crippen LogP contribution in [0.15, 0.2) is 24.3 Å². The fourth-order valence-electron chi connectivity index (χ4n) is 2.68. The van der Waals surface area contributed by atoms with E-state index in [-0.39, 0.29) is 12.2 Å². The van der Waals surface area contributed by atoms with E-state index in [1.54, 1.807) is 0 Å². The van der Waals surface area contributed by atoms with E-state index < -0.39 is 5.97 Å². The molecular weight excluding hydrogens is 219 g/mol. The summed E-state index contributed by atoms with van der Waals surface area (Å²) in [5.41, 5.74) is 1.18. The zero-order chi connectivity index (χ0) is 12.3. The van der Waals surface area contributed by atoms with Gasteiger partial charge in [0.25, 0.3) is 0 Å². The summed E-state index contributed by atoms with van der Waals surface area (Å²) in [4.78, 5) is 10.6. The highest BCUT2D eigenvalue weighted by Gasteiger charge is 2.23. The van der Waals surface area contributed by atoms with Gasteiger partial charge < -0.3 is 5.11 Å². The number of benzene rings is 1. The largest absolute Gasteiger partial charge is 0.481 e. The summed E-state index contributed by atoms with van der Waals surface area (Å²) in [5, 5.41) is 8.74. The number of hydrogen-bond donors (Lipinski definition) is 1. The Kier molecular flexibility index (Phi) is 3.77. The summed E-state index contributed by atoms with van der Waals surface area (Å²) in [7, 11) is 0. The Morgan fingerprint density at radius 1 is 1.18 bits per heavy atom. The number of carbonyl (C=O) groups is 1. The molecule has 1 fully saturated rings. The molecule has 1 N–H and O–H groups in total. The van der Waals surface area contributed by atoms with Crippen LogP contribution in [0.1, 0.15) is 43.6 Å². The molecule has 0 atom stereocenters. The molecule has 0 spiro atoms. The Bertz CT molecular complexity index is 378. The number of aliphatic carboxylic acids is 1. The lowest BCUT2D eigenvalue weighted by Crippen LogP contribution is -2.16. The Balaban J connectivity index is 1.90. The van der Waals surface area contributed by atoms with Crippen LogP contribution in [0.3, 0.4) is 0 Å². The molecule has 1 aliphatic rings. The molecule has 0 heterocycles. The molecule has 3 heteroatoms. The molecule has 0 saturated heterocycles. The van der Waals surface area contributed by atoms with E-state index in [9.17, 15) is 9.18 Å². The van der Waals surface area contributed by atoms with E-state index in [4.69, 9.17) is 5.11 Å². The maximum Gasteiger partial charge on any atom is 0.303 e. The molecular formula is C14H17FO2. The predicted octanol–water partition coefficient (Wildman–Crippen LogP) is 3.57. The quantitative estimate of drug-likeness (QED) is 0.871. The second kappa shape index (κ2) is 5.30. The highest BCUT2D eigenvalue weighted by atomic mass is 19.1. The fourth-order valence-corrected chi connectivity index (χ4v) is 2.68. The molecule has 0 radical (unpaired) electrons. The Morgan fingerprint density at radius 3 is 2.29 bits per heavy atom. The molecule has 2 rings (SSSR count). The number of hydrogen-bond acceptors (Lipinski definition) is 1. The standard InChI is InChI=1S/C14H17FO2/c15-13-7-5-12(6-8-13)11-3-1-10(2-4-11)9-14(16)17/h5-8,10-11H,1-4,9H2,(H,16,17). The van der Waals surface area contributed by atoms with Gasteiger partial charge in [-0.15, -0.1) is 0 Å². The van der Waals surface area contributed by atoms with Gasteiger partial charge in [-0.25, -0.2) is 4.39 Å². The summed E-state index contributed by atoms with van der Waals surface area (Å²) in [6.45, 7) is 0. The minimum atomic E-state index is -0.699. The van der Waals surface area contributed by atoms with Gasteiger partial charge in [0, 0.05) is 6.42 Å². The van der Waals surface area contributed by atoms with Crippen molar-refractivity contribution in [3.05, 3.63) is 35.6 Å². The number of carboxylic acid groups (broad SMARTS) is 1. The van der Waals surface area contributed by atoms with Crippen molar-refractivity contribution in [2.75, 3.05) is 0 Å². The van der Waals surface area contributed by atoms with Crippen LogP contribution in [0.5, 0.6) is 0 Å². The van der Waals surface area contributed by atoms with Gasteiger partial charge in [0.2, 0.25) is 0 Å². The lowest BCUT2D eigenvalue weighted by Gasteiger charge is -2.27. The average molecular weight is 236 g/mol. The Morgan fingerprint density at radius 2 is 1.76 bits per heavy atom. The first-order valence-electron chi connectivity index (χ1n) is 6.12. The minimum absolute atomic E-state index is 0.201. The van der Waals surface area contributed by atoms with Crippen LogP contribution < -0.4 is 0 Å². The van der Waals surface area contributed by atoms with E-state index in [0.29, 0.717) is 11.8 Å². The van der Waals surface area contributed by atoms with Crippen LogP contribution in [-0.2, 0) is 4.79 Å². The van der Waals surface area contributed by atoms with E-state index in [2.05, 4.69) is 0 Å². The first-order chi connectivity index (χ1) is 8.15. The van der Waals surface area contributed by atoms with Crippen LogP contribution in [0.25, 0.3) is 0 Å². The first kappa shape index (κ1) is 12.1. The van der Waals surface area contributed by atoms with Crippen molar-refractivity contribution in [3.63, 3.8) is 0 Å². The SMILES string of the molecule is O=C(O)CC1CCC(c2ccc(F)cc2)CC1. The van der Waals surface area contributed by atoms with Crippen molar-refractivity contribution in [3.8, 4) is 0 Å². The van der Waals surface area contributed by atoms with Gasteiger partial charge in [-0.3, -0.25) is 4.79 Å². The second-order valence-electron chi connectivity index (χ2n) is 4.87. The topological polar surface area (TPSA) is 37.3 Å². The average Bonchev–Trinajstić information content (AvgIpc) is 2.30. The third kappa shape index (κ3) is 3.29. The van der Waals surface area contributed by atoms with Crippen molar-refractivity contribution >= 4 is 5.97 Å². The summed E-state index contributed by atoms with van der Waals surface area (Å²) in [6, 6.07) is 6.69. The van der Waals surface area contributed by atoms with Crippen molar-refractivity contribution in [1.29, 1.82) is 0 Å². The van der Waals surface area contributed by atoms with Gasteiger partial charge in [0.15, 0.2) is 0 Å². The normalized spacial score (nSPS) is 24.5. The van der Waals surface area contributed by atoms with Crippen LogP contribution in [0.2, 0.25) is 0 Å². The van der Waals surface area contributed by atoms with Gasteiger partial charge in [0.05, 0.1) is 0 Å². The molecule has 1 aromatic rings. The third-order valence-electron chi connectivity index (χ3n) is 3.65. The highest BCUT2D eigenvalue weighted by Crippen LogP contribution is 2.36. The molecule has 0 unspecified atom stereocenters. The van der Waals surface area contributed by atoms with Gasteiger partial charge >= 0.3 is 5.97 Å². The van der Waals surface area contributed by atoms with E-state index in [1.807, 2.05) is 12.1 Å². The van der Waals surface area contributed by atoms with Gasteiger partial charge in [-0.1, -0.05) is 12.1 Å². The number of carboxylic acids is 1. The number of halogens is 1. The molecule has 0 aliphatic heterocycles. The smallest absolute Gasteiger partial charge is 0.303 e. The molecule has 2 nitrogen and oxygen atoms in total. The van der Waals surface area contributed by atoms with Crippen molar-refractivity contribution in [1.82, 2.24) is 0 Å². The van der Waals surface area contributed by atoms with E-state index in [0.717, 1.165) is 25.7 Å². The summed E-state index contributed by atoms with van der Waals surface area (Å²) in [6.07, 6.45) is 4.26. The Hall–Kier alpha value is -1.38. The summed E-state index contributed by atoms with van der Waals surface area (Å²) in [5.74, 6) is -0.103. The van der Waals surface area contributed by atoms with E-state index >= 15 is 0 Å². The van der Waals surface area contributed by atoms with Crippen LogP contribution in [0.4, 0.5) is 4.39 Å². The molecule has 1 aliphatic carbocycles. The zero-order valence-electron chi connectivity index (χ0n) is 9.73. The number of rotatable bonds is 3. The molecule has 1 aromatic carbocycles. The maximum absolute atomic E-state index is 12.8. The fraction of sp³-hybridized carbons (Fsp3) is 0.500. The first-order valence-corrected chi connectivity index (χ1v) is 6.12. The molecule has 0 amide bonds. The molecule has 0 bridgehead atoms. The second-order valence-corrected chi connectivity index (χ2v) is 4.87. The van der Waals surface area contributed by atoms with E-state index in [1.165, 1.54) is 17.7 Å². The van der Waals surface area contributed by atoms with Gasteiger partial charge in [-0.05, 0) is 55.2 Å². The predicted molar refractivity (Wildman–Crippen MR) is 63.4 cm³/mol. The summed E-state index contributed by atoms with van der Waals surface area (Å²) >= 11 is 0. The van der Waals surface area contributed by atoms with Crippen molar-refractivity contribution in [2.24, 2.45) is 5.92 Å². The molecule has 0 aromatic heterocycles. The Labute approximate surface area is 100 Å². The maximum atomic E-state index is 12.8. The minimum Gasteiger partial charge on any atom is -0.481 e. The highest BCUT2D eigenvalue weighted by molar-refractivity contribution is 5.67. The molecule has 1 saturated carbocycles. The molecule has 92 valence electrons. The molecule has 17 heavy (non-hydrogen) atoms. The lowest BCUT2D eigenvalue weighted by atomic mass is 9.77. The third-order valence-corrected chi connectivity index (χ3v) is 3.65. The van der Waals surface area contributed by atoms with Gasteiger partial charge in [0.1, 0.15) is 5.82 Å². The van der Waals surface area contributed by atoms with Crippen molar-refractivity contribution in [2.45, 2.75) is 38.0 Å². The zero-order valence-corrected chi connectivity index (χ0v) is 9.73. The van der Waals surface area contributed by atoms with Crippen molar-refractivity contribution < 1.29 is 14.3 Å². The van der Waals surface area contributed by atoms with Crippen LogP contribution >= 0.6 is 0 Å².